The fourth-order valence-electron chi connectivity index (χ4n) is 3.46. The first-order valence-electron chi connectivity index (χ1n) is 8.20. The molecule has 0 atom stereocenters. The van der Waals surface area contributed by atoms with Gasteiger partial charge in [-0.25, -0.2) is 0 Å². The Morgan fingerprint density at radius 1 is 1.10 bits per heavy atom. The third-order valence-electron chi connectivity index (χ3n) is 4.93. The summed E-state index contributed by atoms with van der Waals surface area (Å²) in [6.45, 7) is 4.81. The predicted molar refractivity (Wildman–Crippen MR) is 92.6 cm³/mol. The molecule has 0 bridgehead atoms. The molecular formula is C19H25NS. The van der Waals surface area contributed by atoms with E-state index in [2.05, 4.69) is 65.8 Å². The summed E-state index contributed by atoms with van der Waals surface area (Å²) in [7, 11) is 0. The summed E-state index contributed by atoms with van der Waals surface area (Å²) in [5.41, 5.74) is 1.30. The first kappa shape index (κ1) is 15.0. The minimum Gasteiger partial charge on any atom is -0.286 e. The average Bonchev–Trinajstić information content (AvgIpc) is 2.57. The van der Waals surface area contributed by atoms with E-state index in [1.54, 1.807) is 0 Å². The maximum Gasteiger partial charge on any atom is 0.0830 e. The van der Waals surface area contributed by atoms with E-state index in [0.29, 0.717) is 0 Å². The molecule has 1 aliphatic heterocycles. The van der Waals surface area contributed by atoms with E-state index in [0.717, 1.165) is 11.5 Å². The number of rotatable bonds is 1. The maximum atomic E-state index is 3.71. The highest BCUT2D eigenvalue weighted by molar-refractivity contribution is 7.99. The molecule has 0 unspecified atom stereocenters. The van der Waals surface area contributed by atoms with Gasteiger partial charge in [-0.1, -0.05) is 37.0 Å². The normalized spacial score (nSPS) is 30.4. The van der Waals surface area contributed by atoms with Gasteiger partial charge >= 0.3 is 0 Å². The fourth-order valence-corrected chi connectivity index (χ4v) is 4.36. The minimum absolute atomic E-state index is 0.142. The van der Waals surface area contributed by atoms with Crippen LogP contribution in [-0.2, 0) is 0 Å². The van der Waals surface area contributed by atoms with Crippen LogP contribution in [0.25, 0.3) is 0 Å². The van der Waals surface area contributed by atoms with Crippen molar-refractivity contribution in [1.82, 2.24) is 4.90 Å². The topological polar surface area (TPSA) is 3.24 Å². The zero-order valence-electron chi connectivity index (χ0n) is 13.0. The molecule has 0 aromatic heterocycles. The van der Waals surface area contributed by atoms with Gasteiger partial charge in [0, 0.05) is 30.2 Å². The van der Waals surface area contributed by atoms with Crippen LogP contribution < -0.4 is 0 Å². The molecule has 2 aliphatic rings. The molecule has 1 heterocycles. The van der Waals surface area contributed by atoms with Crippen LogP contribution in [0.3, 0.4) is 0 Å². The van der Waals surface area contributed by atoms with Crippen molar-refractivity contribution in [1.29, 1.82) is 0 Å². The quantitative estimate of drug-likeness (QED) is 0.720. The van der Waals surface area contributed by atoms with Crippen LogP contribution in [0.5, 0.6) is 0 Å². The molecule has 0 radical (unpaired) electrons. The molecule has 1 aliphatic carbocycles. The summed E-state index contributed by atoms with van der Waals surface area (Å²) in [5, 5.41) is 0. The van der Waals surface area contributed by atoms with E-state index in [1.807, 2.05) is 0 Å². The van der Waals surface area contributed by atoms with Crippen molar-refractivity contribution in [2.75, 3.05) is 24.6 Å². The second-order valence-corrected chi connectivity index (χ2v) is 7.65. The van der Waals surface area contributed by atoms with Gasteiger partial charge in [-0.15, -0.1) is 0 Å². The number of thioether (sulfide) groups is 1. The highest BCUT2D eigenvalue weighted by Gasteiger charge is 2.38. The summed E-state index contributed by atoms with van der Waals surface area (Å²) >= 11 is 2.09. The van der Waals surface area contributed by atoms with Gasteiger partial charge < -0.3 is 0 Å². The lowest BCUT2D eigenvalue weighted by molar-refractivity contribution is 0.0958. The van der Waals surface area contributed by atoms with Gasteiger partial charge in [0.15, 0.2) is 0 Å². The van der Waals surface area contributed by atoms with Gasteiger partial charge in [-0.05, 0) is 43.7 Å². The summed E-state index contributed by atoms with van der Waals surface area (Å²) < 4.78 is 0. The van der Waals surface area contributed by atoms with Crippen LogP contribution in [-0.4, -0.2) is 35.0 Å². The van der Waals surface area contributed by atoms with Gasteiger partial charge in [-0.2, -0.15) is 11.8 Å². The van der Waals surface area contributed by atoms with Crippen LogP contribution in [0, 0.1) is 17.8 Å². The highest BCUT2D eigenvalue weighted by atomic mass is 32.2. The largest absolute Gasteiger partial charge is 0.286 e. The number of hydrogen-bond acceptors (Lipinski definition) is 2. The van der Waals surface area contributed by atoms with Crippen LogP contribution in [0.4, 0.5) is 0 Å². The molecule has 0 amide bonds. The predicted octanol–water partition coefficient (Wildman–Crippen LogP) is 4.04. The van der Waals surface area contributed by atoms with Gasteiger partial charge in [0.1, 0.15) is 0 Å². The molecule has 1 aromatic rings. The van der Waals surface area contributed by atoms with Crippen molar-refractivity contribution in [3.8, 4) is 11.8 Å². The zero-order chi connectivity index (χ0) is 14.5. The van der Waals surface area contributed by atoms with Crippen LogP contribution in [0.2, 0.25) is 0 Å². The third kappa shape index (κ3) is 3.65. The Bertz CT molecular complexity index is 499. The molecular weight excluding hydrogens is 274 g/mol. The average molecular weight is 299 g/mol. The zero-order valence-corrected chi connectivity index (χ0v) is 13.8. The lowest BCUT2D eigenvalue weighted by Gasteiger charge is -2.46. The number of nitrogens with zero attached hydrogens (tertiary/aromatic N) is 1. The second kappa shape index (κ2) is 6.90. The monoisotopic (exact) mass is 299 g/mol. The summed E-state index contributed by atoms with van der Waals surface area (Å²) in [6, 6.07) is 10.5. The van der Waals surface area contributed by atoms with E-state index < -0.39 is 0 Å². The smallest absolute Gasteiger partial charge is 0.0830 e. The van der Waals surface area contributed by atoms with Gasteiger partial charge in [0.2, 0.25) is 0 Å². The van der Waals surface area contributed by atoms with E-state index in [-0.39, 0.29) is 5.54 Å². The first-order valence-corrected chi connectivity index (χ1v) is 9.35. The van der Waals surface area contributed by atoms with Gasteiger partial charge in [0.05, 0.1) is 5.54 Å². The fraction of sp³-hybridized carbons (Fsp3) is 0.579. The van der Waals surface area contributed by atoms with Crippen molar-refractivity contribution in [2.24, 2.45) is 5.92 Å². The summed E-state index contributed by atoms with van der Waals surface area (Å²) in [6.07, 6.45) is 5.15. The van der Waals surface area contributed by atoms with Gasteiger partial charge in [0.25, 0.3) is 0 Å². The minimum atomic E-state index is 0.142. The third-order valence-corrected chi connectivity index (χ3v) is 5.87. The van der Waals surface area contributed by atoms with Crippen molar-refractivity contribution >= 4 is 11.8 Å². The van der Waals surface area contributed by atoms with Gasteiger partial charge in [-0.3, -0.25) is 4.90 Å². The summed E-state index contributed by atoms with van der Waals surface area (Å²) in [5.74, 6) is 10.6. The molecule has 21 heavy (non-hydrogen) atoms. The Morgan fingerprint density at radius 2 is 1.76 bits per heavy atom. The second-order valence-electron chi connectivity index (χ2n) is 6.43. The lowest BCUT2D eigenvalue weighted by Crippen LogP contribution is -2.53. The van der Waals surface area contributed by atoms with Crippen LogP contribution >= 0.6 is 11.8 Å². The Hall–Kier alpha value is -0.910. The Kier molecular flexibility index (Phi) is 4.93. The Balaban J connectivity index is 1.84. The molecule has 2 heteroatoms. The van der Waals surface area contributed by atoms with Crippen LogP contribution in [0.15, 0.2) is 30.3 Å². The molecule has 112 valence electrons. The van der Waals surface area contributed by atoms with E-state index in [9.17, 15) is 0 Å². The maximum absolute atomic E-state index is 3.71. The molecule has 1 saturated heterocycles. The highest BCUT2D eigenvalue weighted by Crippen LogP contribution is 2.37. The molecule has 1 saturated carbocycles. The Labute approximate surface area is 133 Å². The number of benzene rings is 1. The SMILES string of the molecule is CC1CCC(C#Cc2ccccc2)(N2CCSCC2)CC1. The Morgan fingerprint density at radius 3 is 2.43 bits per heavy atom. The van der Waals surface area contributed by atoms with E-state index >= 15 is 0 Å². The van der Waals surface area contributed by atoms with Crippen molar-refractivity contribution in [3.63, 3.8) is 0 Å². The summed E-state index contributed by atoms with van der Waals surface area (Å²) in [4.78, 5) is 2.69. The van der Waals surface area contributed by atoms with Crippen molar-refractivity contribution < 1.29 is 0 Å². The molecule has 0 N–H and O–H groups in total. The molecule has 2 fully saturated rings. The molecule has 1 aromatic carbocycles. The van der Waals surface area contributed by atoms with Crippen molar-refractivity contribution in [3.05, 3.63) is 35.9 Å². The molecule has 1 nitrogen and oxygen atoms in total. The first-order chi connectivity index (χ1) is 10.3. The van der Waals surface area contributed by atoms with E-state index in [1.165, 1.54) is 50.3 Å². The van der Waals surface area contributed by atoms with E-state index in [4.69, 9.17) is 0 Å². The number of hydrogen-bond donors (Lipinski definition) is 0. The lowest BCUT2D eigenvalue weighted by atomic mass is 9.76. The molecule has 0 spiro atoms. The molecule has 3 rings (SSSR count). The van der Waals surface area contributed by atoms with Crippen LogP contribution in [0.1, 0.15) is 38.2 Å². The van der Waals surface area contributed by atoms with Crippen molar-refractivity contribution in [2.45, 2.75) is 38.1 Å². The standard InChI is InChI=1S/C19H25NS/c1-17-7-10-19(11-8-17,20-13-15-21-16-14-20)12-9-18-5-3-2-4-6-18/h2-6,17H,7-8,10-11,13-16H2,1H3.